The molecule has 0 bridgehead atoms. The summed E-state index contributed by atoms with van der Waals surface area (Å²) in [6.07, 6.45) is -0.264. The number of carbonyl (C=O) groups excluding carboxylic acids is 2. The highest BCUT2D eigenvalue weighted by molar-refractivity contribution is 7.91. The van der Waals surface area contributed by atoms with Crippen molar-refractivity contribution in [2.45, 2.75) is 25.3 Å². The van der Waals surface area contributed by atoms with Crippen molar-refractivity contribution < 1.29 is 27.9 Å². The van der Waals surface area contributed by atoms with E-state index in [0.29, 0.717) is 17.8 Å². The fraction of sp³-hybridized carbons (Fsp3) is 0.389. The van der Waals surface area contributed by atoms with Crippen LogP contribution in [0.25, 0.3) is 0 Å². The van der Waals surface area contributed by atoms with Crippen molar-refractivity contribution in [1.82, 2.24) is 9.88 Å². The topological polar surface area (TPSA) is 126 Å². The Morgan fingerprint density at radius 1 is 1.31 bits per heavy atom. The van der Waals surface area contributed by atoms with Crippen LogP contribution in [0.3, 0.4) is 0 Å². The second-order valence-corrected chi connectivity index (χ2v) is 9.50. The van der Waals surface area contributed by atoms with E-state index in [1.165, 1.54) is 31.0 Å². The molecule has 0 radical (unpaired) electrons. The van der Waals surface area contributed by atoms with Gasteiger partial charge < -0.3 is 14.7 Å². The minimum Gasteiger partial charge on any atom is -0.409 e. The summed E-state index contributed by atoms with van der Waals surface area (Å²) in [6, 6.07) is 6.19. The van der Waals surface area contributed by atoms with Gasteiger partial charge in [0, 0.05) is 25.1 Å². The predicted molar refractivity (Wildman–Crippen MR) is 109 cm³/mol. The monoisotopic (exact) mass is 441 g/mol. The maximum absolute atomic E-state index is 12.7. The molecule has 2 aromatic rings. The van der Waals surface area contributed by atoms with Crippen molar-refractivity contribution >= 4 is 38.3 Å². The summed E-state index contributed by atoms with van der Waals surface area (Å²) in [5.74, 6) is -0.616. The van der Waals surface area contributed by atoms with E-state index in [1.807, 2.05) is 0 Å². The maximum atomic E-state index is 12.7. The number of benzene rings is 1. The number of para-hydroxylation sites is 1. The number of nitrogens with zero attached hydrogens (tertiary/aromatic N) is 2. The molecule has 0 atom stereocenters. The SMILES string of the molecule is CCS(=O)(=O)c1nc(NC(=O)c2ccccc2OC(=O)N(C)CCCO)sc1C. The largest absolute Gasteiger partial charge is 0.414 e. The predicted octanol–water partition coefficient (Wildman–Crippen LogP) is 2.31. The van der Waals surface area contributed by atoms with E-state index in [1.54, 1.807) is 19.1 Å². The number of aliphatic hydroxyl groups excluding tert-OH is 1. The minimum atomic E-state index is -3.49. The third-order valence-electron chi connectivity index (χ3n) is 3.94. The first-order chi connectivity index (χ1) is 13.7. The number of sulfone groups is 1. The number of rotatable bonds is 8. The Hall–Kier alpha value is -2.50. The molecule has 0 aliphatic heterocycles. The summed E-state index contributed by atoms with van der Waals surface area (Å²) in [5.41, 5.74) is 0.101. The summed E-state index contributed by atoms with van der Waals surface area (Å²) in [4.78, 5) is 30.6. The number of aliphatic hydroxyl groups is 1. The van der Waals surface area contributed by atoms with Gasteiger partial charge in [-0.15, -0.1) is 11.3 Å². The van der Waals surface area contributed by atoms with Crippen LogP contribution in [0, 0.1) is 6.92 Å². The van der Waals surface area contributed by atoms with Gasteiger partial charge in [0.25, 0.3) is 5.91 Å². The molecule has 11 heteroatoms. The molecule has 29 heavy (non-hydrogen) atoms. The highest BCUT2D eigenvalue weighted by Gasteiger charge is 2.22. The number of aryl methyl sites for hydroxylation is 1. The fourth-order valence-electron chi connectivity index (χ4n) is 2.34. The molecule has 1 aromatic heterocycles. The number of amides is 2. The number of aromatic nitrogens is 1. The van der Waals surface area contributed by atoms with Gasteiger partial charge in [0.05, 0.1) is 11.3 Å². The van der Waals surface area contributed by atoms with Crippen molar-refractivity contribution in [2.24, 2.45) is 0 Å². The molecule has 1 heterocycles. The van der Waals surface area contributed by atoms with Gasteiger partial charge in [-0.05, 0) is 25.5 Å². The van der Waals surface area contributed by atoms with Crippen molar-refractivity contribution in [3.05, 3.63) is 34.7 Å². The Labute approximate surface area is 173 Å². The van der Waals surface area contributed by atoms with E-state index < -0.39 is 21.8 Å². The highest BCUT2D eigenvalue weighted by Crippen LogP contribution is 2.28. The number of ether oxygens (including phenoxy) is 1. The van der Waals surface area contributed by atoms with Crippen molar-refractivity contribution in [3.8, 4) is 5.75 Å². The zero-order valence-electron chi connectivity index (χ0n) is 16.3. The third-order valence-corrected chi connectivity index (χ3v) is 6.70. The molecule has 9 nitrogen and oxygen atoms in total. The number of nitrogens with one attached hydrogen (secondary N) is 1. The fourth-order valence-corrected chi connectivity index (χ4v) is 4.55. The Morgan fingerprint density at radius 3 is 2.66 bits per heavy atom. The zero-order chi connectivity index (χ0) is 21.6. The number of hydrogen-bond donors (Lipinski definition) is 2. The molecule has 1 aromatic carbocycles. The van der Waals surface area contributed by atoms with Crippen molar-refractivity contribution in [3.63, 3.8) is 0 Å². The molecule has 2 rings (SSSR count). The lowest BCUT2D eigenvalue weighted by atomic mass is 10.2. The van der Waals surface area contributed by atoms with Gasteiger partial charge in [0.15, 0.2) is 20.0 Å². The van der Waals surface area contributed by atoms with E-state index in [4.69, 9.17) is 9.84 Å². The van der Waals surface area contributed by atoms with Crippen LogP contribution < -0.4 is 10.1 Å². The summed E-state index contributed by atoms with van der Waals surface area (Å²) >= 11 is 1.05. The van der Waals surface area contributed by atoms with Crippen LogP contribution in [-0.2, 0) is 9.84 Å². The lowest BCUT2D eigenvalue weighted by Crippen LogP contribution is -2.31. The molecule has 0 unspecified atom stereocenters. The van der Waals surface area contributed by atoms with Gasteiger partial charge in [-0.2, -0.15) is 0 Å². The average Bonchev–Trinajstić information content (AvgIpc) is 3.07. The number of thiazole rings is 1. The van der Waals surface area contributed by atoms with Gasteiger partial charge in [0.1, 0.15) is 5.75 Å². The van der Waals surface area contributed by atoms with Crippen LogP contribution >= 0.6 is 11.3 Å². The van der Waals surface area contributed by atoms with E-state index in [9.17, 15) is 18.0 Å². The van der Waals surface area contributed by atoms with Crippen molar-refractivity contribution in [1.29, 1.82) is 0 Å². The summed E-state index contributed by atoms with van der Waals surface area (Å²) in [5, 5.41) is 11.5. The van der Waals surface area contributed by atoms with E-state index in [-0.39, 0.29) is 33.8 Å². The van der Waals surface area contributed by atoms with E-state index >= 15 is 0 Å². The Morgan fingerprint density at radius 2 is 2.00 bits per heavy atom. The van der Waals surface area contributed by atoms with Crippen molar-refractivity contribution in [2.75, 3.05) is 31.3 Å². The number of hydrogen-bond acceptors (Lipinski definition) is 8. The summed E-state index contributed by atoms with van der Waals surface area (Å²) in [7, 11) is -1.97. The molecule has 2 N–H and O–H groups in total. The first kappa shape index (κ1) is 22.8. The van der Waals surface area contributed by atoms with Gasteiger partial charge in [0.2, 0.25) is 0 Å². The van der Waals surface area contributed by atoms with Crippen LogP contribution in [0.4, 0.5) is 9.93 Å². The Balaban J connectivity index is 2.19. The average molecular weight is 442 g/mol. The molecular weight excluding hydrogens is 418 g/mol. The summed E-state index contributed by atoms with van der Waals surface area (Å²) < 4.78 is 29.4. The molecule has 0 aliphatic carbocycles. The van der Waals surface area contributed by atoms with Gasteiger partial charge in [-0.3, -0.25) is 10.1 Å². The zero-order valence-corrected chi connectivity index (χ0v) is 18.0. The quantitative estimate of drug-likeness (QED) is 0.644. The van der Waals surface area contributed by atoms with E-state index in [0.717, 1.165) is 11.3 Å². The number of anilines is 1. The van der Waals surface area contributed by atoms with Crippen LogP contribution in [0.2, 0.25) is 0 Å². The highest BCUT2D eigenvalue weighted by atomic mass is 32.2. The molecule has 158 valence electrons. The normalized spacial score (nSPS) is 11.2. The first-order valence-electron chi connectivity index (χ1n) is 8.84. The molecule has 0 saturated heterocycles. The molecule has 0 fully saturated rings. The van der Waals surface area contributed by atoms with E-state index in [2.05, 4.69) is 10.3 Å². The van der Waals surface area contributed by atoms with Crippen LogP contribution in [0.5, 0.6) is 5.75 Å². The maximum Gasteiger partial charge on any atom is 0.414 e. The van der Waals surface area contributed by atoms with Gasteiger partial charge in [-0.25, -0.2) is 18.2 Å². The Bertz CT molecular complexity index is 987. The smallest absolute Gasteiger partial charge is 0.409 e. The van der Waals surface area contributed by atoms with Crippen LogP contribution in [0.15, 0.2) is 29.3 Å². The van der Waals surface area contributed by atoms with Gasteiger partial charge in [-0.1, -0.05) is 19.1 Å². The lowest BCUT2D eigenvalue weighted by Gasteiger charge is -2.17. The van der Waals surface area contributed by atoms with Crippen LogP contribution in [-0.4, -0.2) is 61.4 Å². The third kappa shape index (κ3) is 5.75. The lowest BCUT2D eigenvalue weighted by molar-refractivity contribution is 0.102. The second-order valence-electron chi connectivity index (χ2n) is 6.10. The molecule has 0 aliphatic rings. The standard InChI is InChI=1S/C18H23N3O6S2/c1-4-29(25,26)16-12(2)28-17(20-16)19-15(23)13-8-5-6-9-14(13)27-18(24)21(3)10-7-11-22/h5-6,8-9,22H,4,7,10-11H2,1-3H3,(H,19,20,23). The molecule has 0 spiro atoms. The Kier molecular flexibility index (Phi) is 7.71. The molecular formula is C18H23N3O6S2. The van der Waals surface area contributed by atoms with Crippen LogP contribution in [0.1, 0.15) is 28.6 Å². The minimum absolute atomic E-state index is 0.0504. The van der Waals surface area contributed by atoms with Gasteiger partial charge >= 0.3 is 6.09 Å². The summed E-state index contributed by atoms with van der Waals surface area (Å²) in [6.45, 7) is 3.39. The first-order valence-corrected chi connectivity index (χ1v) is 11.3. The number of carbonyl (C=O) groups is 2. The molecule has 0 saturated carbocycles. The second kappa shape index (κ2) is 9.81. The molecule has 2 amide bonds.